The summed E-state index contributed by atoms with van der Waals surface area (Å²) in [5, 5.41) is 3.16. The van der Waals surface area contributed by atoms with E-state index in [9.17, 15) is 8.78 Å². The van der Waals surface area contributed by atoms with Crippen molar-refractivity contribution in [1.29, 1.82) is 0 Å². The molecule has 0 aliphatic rings. The summed E-state index contributed by atoms with van der Waals surface area (Å²) >= 11 is 0. The Hall–Kier alpha value is -2.14. The van der Waals surface area contributed by atoms with Crippen LogP contribution in [0.1, 0.15) is 5.56 Å². The van der Waals surface area contributed by atoms with Gasteiger partial charge in [0.05, 0.1) is 7.11 Å². The van der Waals surface area contributed by atoms with E-state index in [0.29, 0.717) is 31.7 Å². The molecule has 0 radical (unpaired) electrons. The highest BCUT2D eigenvalue weighted by Crippen LogP contribution is 2.18. The van der Waals surface area contributed by atoms with Crippen molar-refractivity contribution in [2.45, 2.75) is 6.42 Å². The SMILES string of the molecule is COc1cccc(OCCNCCc2ccc(F)cc2F)c1. The average Bonchev–Trinajstić information content (AvgIpc) is 2.52. The van der Waals surface area contributed by atoms with E-state index in [0.717, 1.165) is 17.6 Å². The lowest BCUT2D eigenvalue weighted by Gasteiger charge is -2.09. The summed E-state index contributed by atoms with van der Waals surface area (Å²) in [6, 6.07) is 11.0. The third-order valence-electron chi connectivity index (χ3n) is 3.17. The van der Waals surface area contributed by atoms with Crippen molar-refractivity contribution in [2.24, 2.45) is 0 Å². The van der Waals surface area contributed by atoms with Gasteiger partial charge in [-0.2, -0.15) is 0 Å². The van der Waals surface area contributed by atoms with Gasteiger partial charge in [-0.15, -0.1) is 0 Å². The Balaban J connectivity index is 1.65. The number of methoxy groups -OCH3 is 1. The fraction of sp³-hybridized carbons (Fsp3) is 0.294. The van der Waals surface area contributed by atoms with Crippen molar-refractivity contribution in [1.82, 2.24) is 5.32 Å². The Morgan fingerprint density at radius 1 is 1.00 bits per heavy atom. The van der Waals surface area contributed by atoms with E-state index >= 15 is 0 Å². The van der Waals surface area contributed by atoms with Gasteiger partial charge in [0.2, 0.25) is 0 Å². The molecule has 0 atom stereocenters. The van der Waals surface area contributed by atoms with Crippen LogP contribution in [0, 0.1) is 11.6 Å². The van der Waals surface area contributed by atoms with Crippen molar-refractivity contribution in [3.05, 3.63) is 59.7 Å². The molecule has 0 aromatic heterocycles. The topological polar surface area (TPSA) is 30.5 Å². The molecule has 0 heterocycles. The number of nitrogens with one attached hydrogen (secondary N) is 1. The molecular formula is C17H19F2NO2. The fourth-order valence-electron chi connectivity index (χ4n) is 2.00. The number of ether oxygens (including phenoxy) is 2. The van der Waals surface area contributed by atoms with E-state index in [2.05, 4.69) is 5.32 Å². The van der Waals surface area contributed by atoms with Crippen LogP contribution >= 0.6 is 0 Å². The smallest absolute Gasteiger partial charge is 0.129 e. The number of rotatable bonds is 8. The van der Waals surface area contributed by atoms with Crippen LogP contribution in [0.15, 0.2) is 42.5 Å². The van der Waals surface area contributed by atoms with Crippen LogP contribution in [-0.4, -0.2) is 26.8 Å². The van der Waals surface area contributed by atoms with Gasteiger partial charge in [-0.3, -0.25) is 0 Å². The van der Waals surface area contributed by atoms with Crippen LogP contribution in [0.2, 0.25) is 0 Å². The minimum absolute atomic E-state index is 0.499. The van der Waals surface area contributed by atoms with E-state index in [1.54, 1.807) is 7.11 Å². The molecule has 0 fully saturated rings. The standard InChI is InChI=1S/C17H19F2NO2/c1-21-15-3-2-4-16(12-15)22-10-9-20-8-7-13-5-6-14(18)11-17(13)19/h2-6,11-12,20H,7-10H2,1H3. The maximum Gasteiger partial charge on any atom is 0.129 e. The van der Waals surface area contributed by atoms with Crippen molar-refractivity contribution in [3.8, 4) is 11.5 Å². The van der Waals surface area contributed by atoms with Crippen molar-refractivity contribution >= 4 is 0 Å². The van der Waals surface area contributed by atoms with Gasteiger partial charge in [-0.25, -0.2) is 8.78 Å². The summed E-state index contributed by atoms with van der Waals surface area (Å²) in [6.45, 7) is 1.74. The third kappa shape index (κ3) is 5.00. The Bertz CT molecular complexity index is 605. The van der Waals surface area contributed by atoms with Gasteiger partial charge < -0.3 is 14.8 Å². The molecule has 2 aromatic rings. The van der Waals surface area contributed by atoms with Crippen LogP contribution < -0.4 is 14.8 Å². The zero-order chi connectivity index (χ0) is 15.8. The third-order valence-corrected chi connectivity index (χ3v) is 3.17. The Kier molecular flexibility index (Phi) is 6.15. The second kappa shape index (κ2) is 8.34. The molecule has 2 aromatic carbocycles. The Morgan fingerprint density at radius 3 is 2.59 bits per heavy atom. The van der Waals surface area contributed by atoms with Gasteiger partial charge in [0.25, 0.3) is 0 Å². The largest absolute Gasteiger partial charge is 0.497 e. The van der Waals surface area contributed by atoms with E-state index in [1.807, 2.05) is 24.3 Å². The Labute approximate surface area is 128 Å². The van der Waals surface area contributed by atoms with Crippen molar-refractivity contribution < 1.29 is 18.3 Å². The molecule has 0 bridgehead atoms. The molecule has 118 valence electrons. The molecule has 1 N–H and O–H groups in total. The van der Waals surface area contributed by atoms with Gasteiger partial charge in [0, 0.05) is 18.7 Å². The fourth-order valence-corrected chi connectivity index (χ4v) is 2.00. The lowest BCUT2D eigenvalue weighted by atomic mass is 10.1. The van der Waals surface area contributed by atoms with Crippen LogP contribution in [0.25, 0.3) is 0 Å². The van der Waals surface area contributed by atoms with E-state index in [4.69, 9.17) is 9.47 Å². The molecule has 5 heteroatoms. The highest BCUT2D eigenvalue weighted by molar-refractivity contribution is 5.32. The van der Waals surface area contributed by atoms with E-state index < -0.39 is 11.6 Å². The number of hydrogen-bond acceptors (Lipinski definition) is 3. The average molecular weight is 307 g/mol. The molecule has 22 heavy (non-hydrogen) atoms. The predicted octanol–water partition coefficient (Wildman–Crippen LogP) is 3.18. The quantitative estimate of drug-likeness (QED) is 0.760. The lowest BCUT2D eigenvalue weighted by molar-refractivity contribution is 0.312. The highest BCUT2D eigenvalue weighted by Gasteiger charge is 2.03. The highest BCUT2D eigenvalue weighted by atomic mass is 19.1. The molecule has 3 nitrogen and oxygen atoms in total. The molecule has 0 saturated heterocycles. The first-order chi connectivity index (χ1) is 10.7. The first-order valence-electron chi connectivity index (χ1n) is 7.10. The molecular weight excluding hydrogens is 288 g/mol. The summed E-state index contributed by atoms with van der Waals surface area (Å²) in [6.07, 6.45) is 0.505. The number of benzene rings is 2. The molecule has 2 rings (SSSR count). The molecule has 0 unspecified atom stereocenters. The maximum absolute atomic E-state index is 13.4. The van der Waals surface area contributed by atoms with Crippen LogP contribution in [0.4, 0.5) is 8.78 Å². The van der Waals surface area contributed by atoms with Crippen LogP contribution in [0.3, 0.4) is 0 Å². The van der Waals surface area contributed by atoms with Crippen molar-refractivity contribution in [2.75, 3.05) is 26.8 Å². The maximum atomic E-state index is 13.4. The summed E-state index contributed by atoms with van der Waals surface area (Å²) in [4.78, 5) is 0. The minimum Gasteiger partial charge on any atom is -0.497 e. The predicted molar refractivity (Wildman–Crippen MR) is 81.4 cm³/mol. The van der Waals surface area contributed by atoms with Crippen LogP contribution in [0.5, 0.6) is 11.5 Å². The molecule has 0 aliphatic carbocycles. The first-order valence-corrected chi connectivity index (χ1v) is 7.10. The van der Waals surface area contributed by atoms with Gasteiger partial charge in [-0.05, 0) is 36.7 Å². The second-order valence-electron chi connectivity index (χ2n) is 4.76. The van der Waals surface area contributed by atoms with Crippen LogP contribution in [-0.2, 0) is 6.42 Å². The van der Waals surface area contributed by atoms with Gasteiger partial charge >= 0.3 is 0 Å². The van der Waals surface area contributed by atoms with Gasteiger partial charge in [0.15, 0.2) is 0 Å². The summed E-state index contributed by atoms with van der Waals surface area (Å²) in [5.74, 6) is 0.429. The lowest BCUT2D eigenvalue weighted by Crippen LogP contribution is -2.23. The molecule has 0 spiro atoms. The summed E-state index contributed by atoms with van der Waals surface area (Å²) in [5.41, 5.74) is 0.502. The monoisotopic (exact) mass is 307 g/mol. The summed E-state index contributed by atoms with van der Waals surface area (Å²) < 4.78 is 36.9. The molecule has 0 saturated carbocycles. The van der Waals surface area contributed by atoms with Crippen molar-refractivity contribution in [3.63, 3.8) is 0 Å². The zero-order valence-electron chi connectivity index (χ0n) is 12.4. The van der Waals surface area contributed by atoms with E-state index in [-0.39, 0.29) is 0 Å². The summed E-state index contributed by atoms with van der Waals surface area (Å²) in [7, 11) is 1.61. The van der Waals surface area contributed by atoms with Gasteiger partial charge in [0.1, 0.15) is 29.7 Å². The minimum atomic E-state index is -0.555. The number of halogens is 2. The van der Waals surface area contributed by atoms with E-state index in [1.165, 1.54) is 12.1 Å². The number of hydrogen-bond donors (Lipinski definition) is 1. The zero-order valence-corrected chi connectivity index (χ0v) is 12.4. The normalized spacial score (nSPS) is 10.5. The second-order valence-corrected chi connectivity index (χ2v) is 4.76. The Morgan fingerprint density at radius 2 is 1.82 bits per heavy atom. The molecule has 0 aliphatic heterocycles. The first kappa shape index (κ1) is 16.2. The van der Waals surface area contributed by atoms with Gasteiger partial charge in [-0.1, -0.05) is 12.1 Å². The molecule has 0 amide bonds.